The molecule has 0 amide bonds. The molecule has 0 spiro atoms. The van der Waals surface area contributed by atoms with E-state index in [4.69, 9.17) is 9.72 Å². The second-order valence-electron chi connectivity index (χ2n) is 7.82. The number of carbonyl (C=O) groups is 1. The van der Waals surface area contributed by atoms with Crippen molar-refractivity contribution in [1.82, 2.24) is 9.88 Å². The minimum absolute atomic E-state index is 0.220. The summed E-state index contributed by atoms with van der Waals surface area (Å²) in [5.74, 6) is 0.286. The van der Waals surface area contributed by atoms with Crippen molar-refractivity contribution in [2.45, 2.75) is 59.3 Å². The fourth-order valence-corrected chi connectivity index (χ4v) is 3.77. The van der Waals surface area contributed by atoms with Gasteiger partial charge >= 0.3 is 5.97 Å². The van der Waals surface area contributed by atoms with Crippen molar-refractivity contribution < 1.29 is 9.53 Å². The summed E-state index contributed by atoms with van der Waals surface area (Å²) in [7, 11) is 0. The molecule has 1 saturated carbocycles. The lowest BCUT2D eigenvalue weighted by molar-refractivity contribution is 0.0464. The number of esters is 1. The molecule has 1 aromatic heterocycles. The van der Waals surface area contributed by atoms with Crippen molar-refractivity contribution in [3.8, 4) is 0 Å². The molecule has 0 saturated heterocycles. The molecular weight excluding hydrogens is 336 g/mol. The largest absolute Gasteiger partial charge is 0.461 e. The number of rotatable bonds is 9. The molecule has 146 valence electrons. The number of pyridine rings is 1. The van der Waals surface area contributed by atoms with E-state index in [-0.39, 0.29) is 5.97 Å². The second-order valence-corrected chi connectivity index (χ2v) is 7.82. The Balaban J connectivity index is 1.81. The van der Waals surface area contributed by atoms with Gasteiger partial charge in [-0.05, 0) is 70.3 Å². The first kappa shape index (κ1) is 19.8. The molecule has 4 heteroatoms. The maximum Gasteiger partial charge on any atom is 0.338 e. The Morgan fingerprint density at radius 2 is 1.81 bits per heavy atom. The Bertz CT molecular complexity index is 806. The molecule has 1 aromatic carbocycles. The molecule has 1 aliphatic rings. The summed E-state index contributed by atoms with van der Waals surface area (Å²) < 4.78 is 5.69. The zero-order chi connectivity index (χ0) is 19.4. The van der Waals surface area contributed by atoms with Gasteiger partial charge in [-0.15, -0.1) is 0 Å². The highest BCUT2D eigenvalue weighted by atomic mass is 16.5. The molecule has 0 bridgehead atoms. The maximum atomic E-state index is 12.9. The van der Waals surface area contributed by atoms with Crippen molar-refractivity contribution >= 4 is 16.9 Å². The van der Waals surface area contributed by atoms with Crippen LogP contribution in [0.3, 0.4) is 0 Å². The van der Waals surface area contributed by atoms with Crippen LogP contribution in [-0.2, 0) is 4.74 Å². The number of ether oxygens (including phenoxy) is 1. The molecule has 1 heterocycles. The monoisotopic (exact) mass is 368 g/mol. The van der Waals surface area contributed by atoms with Crippen LogP contribution in [0.4, 0.5) is 0 Å². The van der Waals surface area contributed by atoms with E-state index in [1.54, 1.807) is 0 Å². The van der Waals surface area contributed by atoms with Crippen molar-refractivity contribution in [1.29, 1.82) is 0 Å². The standard InChI is InChI=1S/C23H32N2O2/c1-5-9-25(10-6-2)11-12-27-23(26)20-15-21(18-7-8-18)24-22-17(4)13-16(3)14-19(20)22/h13-15,18H,5-12H2,1-4H3. The second kappa shape index (κ2) is 8.83. The number of hydrogen-bond donors (Lipinski definition) is 0. The molecule has 3 rings (SSSR count). The molecule has 0 radical (unpaired) electrons. The molecule has 0 unspecified atom stereocenters. The number of aryl methyl sites for hydroxylation is 2. The van der Waals surface area contributed by atoms with Gasteiger partial charge in [0.05, 0.1) is 11.1 Å². The Hall–Kier alpha value is -1.94. The normalized spacial score (nSPS) is 14.1. The van der Waals surface area contributed by atoms with Gasteiger partial charge in [-0.2, -0.15) is 0 Å². The fraction of sp³-hybridized carbons (Fsp3) is 0.565. The predicted molar refractivity (Wildman–Crippen MR) is 110 cm³/mol. The van der Waals surface area contributed by atoms with E-state index < -0.39 is 0 Å². The summed E-state index contributed by atoms with van der Waals surface area (Å²) in [5.41, 5.74) is 4.92. The van der Waals surface area contributed by atoms with Crippen LogP contribution in [0, 0.1) is 13.8 Å². The molecule has 0 atom stereocenters. The van der Waals surface area contributed by atoms with Gasteiger partial charge in [-0.3, -0.25) is 9.88 Å². The average molecular weight is 369 g/mol. The third kappa shape index (κ3) is 4.86. The molecule has 1 fully saturated rings. The van der Waals surface area contributed by atoms with Crippen LogP contribution in [0.1, 0.15) is 72.6 Å². The van der Waals surface area contributed by atoms with Gasteiger partial charge in [0.15, 0.2) is 0 Å². The molecule has 0 aliphatic heterocycles. The van der Waals surface area contributed by atoms with Crippen LogP contribution >= 0.6 is 0 Å². The quantitative estimate of drug-likeness (QED) is 0.584. The van der Waals surface area contributed by atoms with Crippen LogP contribution in [0.25, 0.3) is 10.9 Å². The van der Waals surface area contributed by atoms with Crippen LogP contribution in [-0.4, -0.2) is 42.1 Å². The van der Waals surface area contributed by atoms with E-state index in [0.29, 0.717) is 18.1 Å². The van der Waals surface area contributed by atoms with E-state index in [1.165, 1.54) is 12.8 Å². The molecule has 4 nitrogen and oxygen atoms in total. The van der Waals surface area contributed by atoms with Crippen molar-refractivity contribution in [2.24, 2.45) is 0 Å². The van der Waals surface area contributed by atoms with Crippen LogP contribution in [0.5, 0.6) is 0 Å². The maximum absolute atomic E-state index is 12.9. The number of fused-ring (bicyclic) bond motifs is 1. The summed E-state index contributed by atoms with van der Waals surface area (Å²) in [6.45, 7) is 11.8. The lowest BCUT2D eigenvalue weighted by atomic mass is 10.0. The highest BCUT2D eigenvalue weighted by Crippen LogP contribution is 2.40. The topological polar surface area (TPSA) is 42.4 Å². The van der Waals surface area contributed by atoms with Crippen LogP contribution in [0.2, 0.25) is 0 Å². The minimum atomic E-state index is -0.220. The first-order valence-corrected chi connectivity index (χ1v) is 10.3. The Morgan fingerprint density at radius 3 is 2.44 bits per heavy atom. The van der Waals surface area contributed by atoms with Gasteiger partial charge in [-0.25, -0.2) is 4.79 Å². The zero-order valence-electron chi connectivity index (χ0n) is 17.2. The molecular formula is C23H32N2O2. The highest BCUT2D eigenvalue weighted by molar-refractivity contribution is 6.04. The smallest absolute Gasteiger partial charge is 0.338 e. The van der Waals surface area contributed by atoms with E-state index in [1.807, 2.05) is 6.07 Å². The summed E-state index contributed by atoms with van der Waals surface area (Å²) >= 11 is 0. The first-order chi connectivity index (χ1) is 13.0. The molecule has 1 aliphatic carbocycles. The van der Waals surface area contributed by atoms with Crippen molar-refractivity contribution in [3.63, 3.8) is 0 Å². The van der Waals surface area contributed by atoms with Crippen LogP contribution < -0.4 is 0 Å². The fourth-order valence-electron chi connectivity index (χ4n) is 3.77. The van der Waals surface area contributed by atoms with Crippen molar-refractivity contribution in [2.75, 3.05) is 26.2 Å². The number of hydrogen-bond acceptors (Lipinski definition) is 4. The number of nitrogens with zero attached hydrogens (tertiary/aromatic N) is 2. The SMILES string of the molecule is CCCN(CCC)CCOC(=O)c1cc(C2CC2)nc2c(C)cc(C)cc12. The van der Waals surface area contributed by atoms with E-state index in [9.17, 15) is 4.79 Å². The summed E-state index contributed by atoms with van der Waals surface area (Å²) in [4.78, 5) is 20.1. The van der Waals surface area contributed by atoms with Gasteiger partial charge in [-0.1, -0.05) is 25.5 Å². The van der Waals surface area contributed by atoms with E-state index >= 15 is 0 Å². The Labute approximate surface area is 162 Å². The third-order valence-corrected chi connectivity index (χ3v) is 5.20. The predicted octanol–water partition coefficient (Wildman–Crippen LogP) is 5.01. The average Bonchev–Trinajstić information content (AvgIpc) is 3.46. The van der Waals surface area contributed by atoms with Gasteiger partial charge < -0.3 is 4.74 Å². The Kier molecular flexibility index (Phi) is 6.48. The summed E-state index contributed by atoms with van der Waals surface area (Å²) in [6, 6.07) is 6.16. The molecule has 27 heavy (non-hydrogen) atoms. The minimum Gasteiger partial charge on any atom is -0.461 e. The number of aromatic nitrogens is 1. The number of carbonyl (C=O) groups excluding carboxylic acids is 1. The molecule has 2 aromatic rings. The Morgan fingerprint density at radius 1 is 1.11 bits per heavy atom. The van der Waals surface area contributed by atoms with Gasteiger partial charge in [0.2, 0.25) is 0 Å². The number of benzene rings is 1. The third-order valence-electron chi connectivity index (χ3n) is 5.20. The van der Waals surface area contributed by atoms with E-state index in [0.717, 1.165) is 60.2 Å². The first-order valence-electron chi connectivity index (χ1n) is 10.3. The highest BCUT2D eigenvalue weighted by Gasteiger charge is 2.27. The summed E-state index contributed by atoms with van der Waals surface area (Å²) in [6.07, 6.45) is 4.57. The van der Waals surface area contributed by atoms with Crippen LogP contribution in [0.15, 0.2) is 18.2 Å². The lowest BCUT2D eigenvalue weighted by Gasteiger charge is -2.20. The summed E-state index contributed by atoms with van der Waals surface area (Å²) in [5, 5.41) is 0.917. The van der Waals surface area contributed by atoms with Crippen molar-refractivity contribution in [3.05, 3.63) is 40.6 Å². The van der Waals surface area contributed by atoms with E-state index in [2.05, 4.69) is 44.7 Å². The van der Waals surface area contributed by atoms with Gasteiger partial charge in [0.1, 0.15) is 6.61 Å². The zero-order valence-corrected chi connectivity index (χ0v) is 17.2. The van der Waals surface area contributed by atoms with Gasteiger partial charge in [0, 0.05) is 23.5 Å². The lowest BCUT2D eigenvalue weighted by Crippen LogP contribution is -2.30. The van der Waals surface area contributed by atoms with Gasteiger partial charge in [0.25, 0.3) is 0 Å². The molecule has 0 N–H and O–H groups in total.